The summed E-state index contributed by atoms with van der Waals surface area (Å²) in [6, 6.07) is 13.2. The van der Waals surface area contributed by atoms with Crippen LogP contribution in [0.25, 0.3) is 10.8 Å². The van der Waals surface area contributed by atoms with Gasteiger partial charge in [0.05, 0.1) is 16.8 Å². The van der Waals surface area contributed by atoms with Crippen molar-refractivity contribution in [1.82, 2.24) is 0 Å². The maximum atomic E-state index is 11.6. The van der Waals surface area contributed by atoms with E-state index in [9.17, 15) is 18.1 Å². The third kappa shape index (κ3) is 3.61. The van der Waals surface area contributed by atoms with Crippen molar-refractivity contribution in [3.63, 3.8) is 0 Å². The van der Waals surface area contributed by atoms with Crippen LogP contribution in [0.2, 0.25) is 0 Å². The number of nitrogens with two attached hydrogens (primary N) is 1. The molecule has 3 rings (SSSR count). The van der Waals surface area contributed by atoms with E-state index in [1.807, 2.05) is 18.2 Å². The highest BCUT2D eigenvalue weighted by Crippen LogP contribution is 2.45. The number of phenolic OH excluding ortho intramolecular Hbond substituents is 1. The Bertz CT molecular complexity index is 1180. The Kier molecular flexibility index (Phi) is 4.84. The molecule has 0 aliphatic carbocycles. The summed E-state index contributed by atoms with van der Waals surface area (Å²) in [5, 5.41) is 26.2. The van der Waals surface area contributed by atoms with Gasteiger partial charge < -0.3 is 10.8 Å². The van der Waals surface area contributed by atoms with E-state index in [-0.39, 0.29) is 22.1 Å². The normalized spacial score (nSPS) is 12.4. The Morgan fingerprint density at radius 1 is 1.00 bits per heavy atom. The fourth-order valence-corrected chi connectivity index (χ4v) is 3.20. The van der Waals surface area contributed by atoms with Gasteiger partial charge in [-0.15, -0.1) is 5.11 Å². The summed E-state index contributed by atoms with van der Waals surface area (Å²) >= 11 is 0. The van der Waals surface area contributed by atoms with Crippen molar-refractivity contribution in [3.8, 4) is 5.75 Å². The van der Waals surface area contributed by atoms with Gasteiger partial charge in [-0.2, -0.15) is 23.8 Å². The minimum atomic E-state index is -4.64. The third-order valence-electron chi connectivity index (χ3n) is 3.74. The first-order chi connectivity index (χ1) is 12.8. The summed E-state index contributed by atoms with van der Waals surface area (Å²) < 4.78 is 32.6. The van der Waals surface area contributed by atoms with Crippen molar-refractivity contribution in [2.45, 2.75) is 4.90 Å². The van der Waals surface area contributed by atoms with Gasteiger partial charge in [0.2, 0.25) is 0 Å². The van der Waals surface area contributed by atoms with Crippen molar-refractivity contribution in [3.05, 3.63) is 48.5 Å². The van der Waals surface area contributed by atoms with Gasteiger partial charge >= 0.3 is 0 Å². The Hall–Kier alpha value is -3.37. The molecule has 0 spiro atoms. The first kappa shape index (κ1) is 18.4. The number of hydrogen-bond donors (Lipinski definition) is 3. The van der Waals surface area contributed by atoms with Crippen LogP contribution in [-0.4, -0.2) is 25.1 Å². The quantitative estimate of drug-likeness (QED) is 0.343. The van der Waals surface area contributed by atoms with Crippen LogP contribution in [0.15, 0.2) is 73.9 Å². The summed E-state index contributed by atoms with van der Waals surface area (Å²) in [6.07, 6.45) is 0. The van der Waals surface area contributed by atoms with Gasteiger partial charge in [0, 0.05) is 7.05 Å². The molecule has 0 unspecified atom stereocenters. The lowest BCUT2D eigenvalue weighted by Gasteiger charge is -2.11. The predicted octanol–water partition coefficient (Wildman–Crippen LogP) is 4.50. The highest BCUT2D eigenvalue weighted by Gasteiger charge is 2.23. The van der Waals surface area contributed by atoms with E-state index < -0.39 is 26.5 Å². The molecule has 27 heavy (non-hydrogen) atoms. The van der Waals surface area contributed by atoms with E-state index in [1.165, 1.54) is 19.2 Å². The van der Waals surface area contributed by atoms with E-state index in [4.69, 9.17) is 5.73 Å². The standard InChI is InChI=1S/C17H15N5O4S/c1-19-22-16-13(27(24,25)26)9-10-7-8-12(15(18)14(10)17(16)23)21-20-11-5-3-2-4-6-11/h2-9,23H,18H2,1H3,(H,24,25,26). The molecule has 0 amide bonds. The Labute approximate surface area is 154 Å². The Morgan fingerprint density at radius 3 is 2.33 bits per heavy atom. The SMILES string of the molecule is CN=Nc1c(S(=O)(=O)O)cc2ccc(N=Nc3ccccc3)c(N)c2c1O. The minimum Gasteiger partial charge on any atom is -0.505 e. The predicted molar refractivity (Wildman–Crippen MR) is 101 cm³/mol. The monoisotopic (exact) mass is 385 g/mol. The van der Waals surface area contributed by atoms with Gasteiger partial charge in [0.25, 0.3) is 10.1 Å². The van der Waals surface area contributed by atoms with Crippen molar-refractivity contribution in [2.24, 2.45) is 20.5 Å². The number of fused-ring (bicyclic) bond motifs is 1. The second-order valence-electron chi connectivity index (χ2n) is 5.48. The molecule has 0 aliphatic heterocycles. The number of nitrogen functional groups attached to an aromatic ring is 1. The molecule has 9 nitrogen and oxygen atoms in total. The van der Waals surface area contributed by atoms with Crippen molar-refractivity contribution < 1.29 is 18.1 Å². The Morgan fingerprint density at radius 2 is 1.70 bits per heavy atom. The van der Waals surface area contributed by atoms with Crippen molar-refractivity contribution in [2.75, 3.05) is 12.8 Å². The summed E-state index contributed by atoms with van der Waals surface area (Å²) in [7, 11) is -3.34. The average molecular weight is 385 g/mol. The number of nitrogens with zero attached hydrogens (tertiary/aromatic N) is 4. The molecule has 0 bridgehead atoms. The van der Waals surface area contributed by atoms with E-state index in [0.717, 1.165) is 6.07 Å². The van der Waals surface area contributed by atoms with Gasteiger partial charge in [-0.25, -0.2) is 0 Å². The molecule has 0 saturated heterocycles. The van der Waals surface area contributed by atoms with Gasteiger partial charge in [-0.1, -0.05) is 24.3 Å². The molecule has 4 N–H and O–H groups in total. The first-order valence-corrected chi connectivity index (χ1v) is 9.09. The summed E-state index contributed by atoms with van der Waals surface area (Å²) in [5.41, 5.74) is 6.68. The van der Waals surface area contributed by atoms with Crippen LogP contribution in [0.5, 0.6) is 5.75 Å². The number of phenols is 1. The van der Waals surface area contributed by atoms with E-state index >= 15 is 0 Å². The highest BCUT2D eigenvalue weighted by atomic mass is 32.2. The van der Waals surface area contributed by atoms with E-state index in [0.29, 0.717) is 5.69 Å². The largest absolute Gasteiger partial charge is 0.505 e. The average Bonchev–Trinajstić information content (AvgIpc) is 2.63. The molecule has 0 aromatic heterocycles. The zero-order chi connectivity index (χ0) is 19.6. The molecule has 10 heteroatoms. The number of aromatic hydroxyl groups is 1. The zero-order valence-electron chi connectivity index (χ0n) is 14.1. The second-order valence-corrected chi connectivity index (χ2v) is 6.87. The smallest absolute Gasteiger partial charge is 0.296 e. The van der Waals surface area contributed by atoms with Crippen LogP contribution < -0.4 is 5.73 Å². The molecule has 0 atom stereocenters. The lowest BCUT2D eigenvalue weighted by Crippen LogP contribution is -2.00. The number of anilines is 1. The van der Waals surface area contributed by atoms with Crippen LogP contribution in [0.3, 0.4) is 0 Å². The summed E-state index contributed by atoms with van der Waals surface area (Å²) in [5.74, 6) is -0.528. The fraction of sp³-hybridized carbons (Fsp3) is 0.0588. The van der Waals surface area contributed by atoms with Gasteiger partial charge in [-0.3, -0.25) is 4.55 Å². The first-order valence-electron chi connectivity index (χ1n) is 7.65. The number of hydrogen-bond acceptors (Lipinski definition) is 8. The molecule has 0 fully saturated rings. The molecular weight excluding hydrogens is 370 g/mol. The van der Waals surface area contributed by atoms with Gasteiger partial charge in [0.15, 0.2) is 5.75 Å². The molecule has 3 aromatic carbocycles. The maximum Gasteiger partial charge on any atom is 0.296 e. The third-order valence-corrected chi connectivity index (χ3v) is 4.61. The van der Waals surface area contributed by atoms with Gasteiger partial charge in [0.1, 0.15) is 16.3 Å². The molecule has 0 aliphatic rings. The van der Waals surface area contributed by atoms with Crippen LogP contribution >= 0.6 is 0 Å². The van der Waals surface area contributed by atoms with Crippen molar-refractivity contribution >= 4 is 43.6 Å². The number of azo groups is 2. The topological polar surface area (TPSA) is 150 Å². The minimum absolute atomic E-state index is 0.0825. The van der Waals surface area contributed by atoms with Crippen LogP contribution in [-0.2, 0) is 10.1 Å². The molecule has 3 aromatic rings. The van der Waals surface area contributed by atoms with Crippen LogP contribution in [0.4, 0.5) is 22.7 Å². The van der Waals surface area contributed by atoms with Gasteiger partial charge in [-0.05, 0) is 29.7 Å². The fourth-order valence-electron chi connectivity index (χ4n) is 2.54. The molecule has 0 saturated carbocycles. The van der Waals surface area contributed by atoms with Crippen LogP contribution in [0, 0.1) is 0 Å². The maximum absolute atomic E-state index is 11.6. The van der Waals surface area contributed by atoms with Crippen LogP contribution in [0.1, 0.15) is 0 Å². The van der Waals surface area contributed by atoms with E-state index in [1.54, 1.807) is 12.1 Å². The summed E-state index contributed by atoms with van der Waals surface area (Å²) in [6.45, 7) is 0. The number of benzene rings is 3. The number of rotatable bonds is 4. The second kappa shape index (κ2) is 7.09. The molecular formula is C17H15N5O4S. The van der Waals surface area contributed by atoms with E-state index in [2.05, 4.69) is 20.5 Å². The molecule has 0 heterocycles. The zero-order valence-corrected chi connectivity index (χ0v) is 14.9. The van der Waals surface area contributed by atoms with Crippen molar-refractivity contribution in [1.29, 1.82) is 0 Å². The molecule has 138 valence electrons. The highest BCUT2D eigenvalue weighted by molar-refractivity contribution is 7.86. The lowest BCUT2D eigenvalue weighted by molar-refractivity contribution is 0.472. The lowest BCUT2D eigenvalue weighted by atomic mass is 10.1. The Balaban J connectivity index is 2.24. The molecule has 0 radical (unpaired) electrons. The summed E-state index contributed by atoms with van der Waals surface area (Å²) in [4.78, 5) is -0.573.